The van der Waals surface area contributed by atoms with Crippen LogP contribution in [0.5, 0.6) is 0 Å². The van der Waals surface area contributed by atoms with Crippen molar-refractivity contribution in [3.8, 4) is 11.1 Å². The number of amides is 1. The standard InChI is InChI=1S/C24H22FNO2S/c1-16(14-17-10-12-18(29-25)13-11-17)26-24(27)28-15-23-21-8-4-2-6-19(21)20-7-3-5-9-22(20)23/h2-13,16,23H,14-15H2,1H3,(H,26,27). The number of carbonyl (C=O) groups is 1. The molecule has 29 heavy (non-hydrogen) atoms. The highest BCUT2D eigenvalue weighted by molar-refractivity contribution is 7.94. The Kier molecular flexibility index (Phi) is 5.86. The van der Waals surface area contributed by atoms with Crippen LogP contribution in [0.1, 0.15) is 29.5 Å². The van der Waals surface area contributed by atoms with E-state index < -0.39 is 6.09 Å². The highest BCUT2D eigenvalue weighted by Crippen LogP contribution is 2.44. The van der Waals surface area contributed by atoms with Gasteiger partial charge in [0.1, 0.15) is 6.61 Å². The van der Waals surface area contributed by atoms with Gasteiger partial charge in [-0.1, -0.05) is 60.7 Å². The van der Waals surface area contributed by atoms with E-state index in [4.69, 9.17) is 4.74 Å². The zero-order valence-electron chi connectivity index (χ0n) is 16.1. The summed E-state index contributed by atoms with van der Waals surface area (Å²) in [7, 11) is 0. The van der Waals surface area contributed by atoms with Gasteiger partial charge in [0.2, 0.25) is 0 Å². The van der Waals surface area contributed by atoms with Crippen LogP contribution in [0.3, 0.4) is 0 Å². The summed E-state index contributed by atoms with van der Waals surface area (Å²) in [6, 6.07) is 23.7. The maximum Gasteiger partial charge on any atom is 0.407 e. The van der Waals surface area contributed by atoms with Crippen molar-refractivity contribution in [2.75, 3.05) is 6.61 Å². The Bertz CT molecular complexity index is 960. The molecule has 0 saturated carbocycles. The largest absolute Gasteiger partial charge is 0.449 e. The van der Waals surface area contributed by atoms with Crippen LogP contribution in [0.25, 0.3) is 11.1 Å². The predicted octanol–water partition coefficient (Wildman–Crippen LogP) is 6.13. The minimum absolute atomic E-state index is 0.0502. The van der Waals surface area contributed by atoms with Gasteiger partial charge in [-0.05, 0) is 53.3 Å². The first kappa shape index (κ1) is 19.5. The number of ether oxygens (including phenoxy) is 1. The quantitative estimate of drug-likeness (QED) is 0.534. The number of hydrogen-bond donors (Lipinski definition) is 1. The first-order valence-electron chi connectivity index (χ1n) is 9.64. The zero-order chi connectivity index (χ0) is 20.2. The molecule has 5 heteroatoms. The molecule has 1 aliphatic carbocycles. The Labute approximate surface area is 174 Å². The van der Waals surface area contributed by atoms with E-state index in [0.717, 1.165) is 5.56 Å². The molecule has 1 atom stereocenters. The van der Waals surface area contributed by atoms with Gasteiger partial charge in [0.15, 0.2) is 0 Å². The van der Waals surface area contributed by atoms with Crippen LogP contribution in [0.4, 0.5) is 8.68 Å². The molecule has 0 bridgehead atoms. The molecule has 148 valence electrons. The first-order valence-corrected chi connectivity index (χ1v) is 10.4. The Morgan fingerprint density at radius 2 is 1.59 bits per heavy atom. The Balaban J connectivity index is 1.36. The lowest BCUT2D eigenvalue weighted by atomic mass is 9.98. The highest BCUT2D eigenvalue weighted by atomic mass is 32.2. The van der Waals surface area contributed by atoms with Crippen molar-refractivity contribution in [2.45, 2.75) is 30.2 Å². The monoisotopic (exact) mass is 407 g/mol. The van der Waals surface area contributed by atoms with Gasteiger partial charge >= 0.3 is 6.09 Å². The van der Waals surface area contributed by atoms with Gasteiger partial charge in [-0.25, -0.2) is 4.79 Å². The molecule has 3 aromatic rings. The van der Waals surface area contributed by atoms with Crippen LogP contribution in [0.15, 0.2) is 77.7 Å². The summed E-state index contributed by atoms with van der Waals surface area (Å²) < 4.78 is 18.1. The van der Waals surface area contributed by atoms with Gasteiger partial charge in [0, 0.05) is 16.9 Å². The summed E-state index contributed by atoms with van der Waals surface area (Å²) in [6.07, 6.45) is 0.233. The lowest BCUT2D eigenvalue weighted by Crippen LogP contribution is -2.35. The molecule has 4 rings (SSSR count). The average Bonchev–Trinajstić information content (AvgIpc) is 3.06. The Morgan fingerprint density at radius 1 is 1.00 bits per heavy atom. The number of alkyl carbamates (subject to hydrolysis) is 1. The number of halogens is 1. The van der Waals surface area contributed by atoms with E-state index in [0.29, 0.717) is 17.9 Å². The number of carbonyl (C=O) groups excluding carboxylic acids is 1. The van der Waals surface area contributed by atoms with E-state index in [1.165, 1.54) is 22.3 Å². The van der Waals surface area contributed by atoms with E-state index in [-0.39, 0.29) is 24.1 Å². The average molecular weight is 408 g/mol. The third kappa shape index (κ3) is 4.30. The zero-order valence-corrected chi connectivity index (χ0v) is 16.9. The third-order valence-corrected chi connectivity index (χ3v) is 5.71. The normalized spacial score (nSPS) is 13.4. The summed E-state index contributed by atoms with van der Waals surface area (Å²) in [5, 5.41) is 2.89. The molecule has 1 unspecified atom stereocenters. The molecule has 1 N–H and O–H groups in total. The van der Waals surface area contributed by atoms with Crippen molar-refractivity contribution >= 4 is 18.2 Å². The van der Waals surface area contributed by atoms with Gasteiger partial charge in [-0.15, -0.1) is 0 Å². The number of fused-ring (bicyclic) bond motifs is 3. The summed E-state index contributed by atoms with van der Waals surface area (Å²) in [5.41, 5.74) is 5.84. The van der Waals surface area contributed by atoms with E-state index in [1.54, 1.807) is 12.1 Å². The van der Waals surface area contributed by atoms with Crippen molar-refractivity contribution in [3.63, 3.8) is 0 Å². The highest BCUT2D eigenvalue weighted by Gasteiger charge is 2.29. The lowest BCUT2D eigenvalue weighted by Gasteiger charge is -2.17. The van der Waals surface area contributed by atoms with Crippen molar-refractivity contribution in [1.82, 2.24) is 5.32 Å². The molecule has 0 radical (unpaired) electrons. The van der Waals surface area contributed by atoms with Crippen LogP contribution in [0.2, 0.25) is 0 Å². The minimum Gasteiger partial charge on any atom is -0.449 e. The van der Waals surface area contributed by atoms with Crippen molar-refractivity contribution < 1.29 is 13.4 Å². The van der Waals surface area contributed by atoms with Crippen LogP contribution < -0.4 is 5.32 Å². The summed E-state index contributed by atoms with van der Waals surface area (Å²) in [4.78, 5) is 12.9. The number of benzene rings is 3. The van der Waals surface area contributed by atoms with Gasteiger partial charge in [-0.3, -0.25) is 0 Å². The summed E-state index contributed by atoms with van der Waals surface area (Å²) in [5.74, 6) is 0.0502. The summed E-state index contributed by atoms with van der Waals surface area (Å²) in [6.45, 7) is 2.23. The van der Waals surface area contributed by atoms with Crippen LogP contribution >= 0.6 is 12.1 Å². The van der Waals surface area contributed by atoms with Crippen molar-refractivity contribution in [2.24, 2.45) is 0 Å². The fourth-order valence-corrected chi connectivity index (χ4v) is 4.16. The number of nitrogens with one attached hydrogen (secondary N) is 1. The summed E-state index contributed by atoms with van der Waals surface area (Å²) >= 11 is 0.226. The molecule has 1 aliphatic rings. The third-order valence-electron chi connectivity index (χ3n) is 5.26. The second kappa shape index (κ2) is 8.70. The van der Waals surface area contributed by atoms with Crippen molar-refractivity contribution in [3.05, 3.63) is 89.5 Å². The molecule has 0 aliphatic heterocycles. The Morgan fingerprint density at radius 3 is 2.17 bits per heavy atom. The SMILES string of the molecule is CC(Cc1ccc(SF)cc1)NC(=O)OCC1c2ccccc2-c2ccccc21. The van der Waals surface area contributed by atoms with Gasteiger partial charge in [-0.2, -0.15) is 3.89 Å². The van der Waals surface area contributed by atoms with Gasteiger partial charge < -0.3 is 10.1 Å². The second-order valence-electron chi connectivity index (χ2n) is 7.30. The van der Waals surface area contributed by atoms with Crippen molar-refractivity contribution in [1.29, 1.82) is 0 Å². The van der Waals surface area contributed by atoms with Crippen LogP contribution in [0, 0.1) is 0 Å². The molecule has 1 amide bonds. The van der Waals surface area contributed by atoms with Gasteiger partial charge in [0.05, 0.1) is 12.1 Å². The molecular weight excluding hydrogens is 385 g/mol. The molecular formula is C24H22FNO2S. The smallest absolute Gasteiger partial charge is 0.407 e. The van der Waals surface area contributed by atoms with E-state index in [2.05, 4.69) is 29.6 Å². The maximum atomic E-state index is 12.5. The molecule has 0 aromatic heterocycles. The van der Waals surface area contributed by atoms with Gasteiger partial charge in [0.25, 0.3) is 0 Å². The molecule has 0 fully saturated rings. The fourth-order valence-electron chi connectivity index (χ4n) is 3.92. The predicted molar refractivity (Wildman–Crippen MR) is 115 cm³/mol. The fraction of sp³-hybridized carbons (Fsp3) is 0.208. The molecule has 3 nitrogen and oxygen atoms in total. The number of rotatable bonds is 6. The molecule has 0 heterocycles. The molecule has 3 aromatic carbocycles. The topological polar surface area (TPSA) is 38.3 Å². The lowest BCUT2D eigenvalue weighted by molar-refractivity contribution is 0.139. The minimum atomic E-state index is -0.421. The first-order chi connectivity index (χ1) is 14.2. The maximum absolute atomic E-state index is 12.5. The molecule has 0 saturated heterocycles. The van der Waals surface area contributed by atoms with Crippen LogP contribution in [-0.2, 0) is 11.2 Å². The van der Waals surface area contributed by atoms with E-state index in [9.17, 15) is 8.68 Å². The van der Waals surface area contributed by atoms with E-state index in [1.807, 2.05) is 43.3 Å². The van der Waals surface area contributed by atoms with E-state index >= 15 is 0 Å². The van der Waals surface area contributed by atoms with Crippen LogP contribution in [-0.4, -0.2) is 18.7 Å². The Hall–Kier alpha value is -2.79. The number of hydrogen-bond acceptors (Lipinski definition) is 3. The second-order valence-corrected chi connectivity index (χ2v) is 7.92. The molecule has 0 spiro atoms.